The minimum absolute atomic E-state index is 0.526. The second-order valence-electron chi connectivity index (χ2n) is 5.37. The molecule has 112 valence electrons. The van der Waals surface area contributed by atoms with Crippen molar-refractivity contribution in [3.05, 3.63) is 65.0 Å². The van der Waals surface area contributed by atoms with Crippen LogP contribution >= 0.6 is 0 Å². The fourth-order valence-electron chi connectivity index (χ4n) is 2.22. The molecule has 3 rings (SSSR count). The number of aryl methyl sites for hydroxylation is 3. The molecule has 0 bridgehead atoms. The zero-order valence-corrected chi connectivity index (χ0v) is 13.0. The van der Waals surface area contributed by atoms with Crippen molar-refractivity contribution in [2.24, 2.45) is 0 Å². The van der Waals surface area contributed by atoms with Gasteiger partial charge < -0.3 is 9.15 Å². The summed E-state index contributed by atoms with van der Waals surface area (Å²) in [6.07, 6.45) is 0. The Morgan fingerprint density at radius 3 is 2.41 bits per heavy atom. The number of benzene rings is 2. The lowest BCUT2D eigenvalue weighted by atomic mass is 10.1. The van der Waals surface area contributed by atoms with Crippen LogP contribution in [0, 0.1) is 20.8 Å². The summed E-state index contributed by atoms with van der Waals surface area (Å²) in [5.74, 6) is 1.91. The molecule has 0 atom stereocenters. The van der Waals surface area contributed by atoms with Crippen LogP contribution in [0.1, 0.15) is 22.6 Å². The third-order valence-corrected chi connectivity index (χ3v) is 3.53. The zero-order chi connectivity index (χ0) is 15.5. The first kappa shape index (κ1) is 14.3. The molecular formula is C18H18N2O2. The van der Waals surface area contributed by atoms with Crippen molar-refractivity contribution in [2.75, 3.05) is 0 Å². The number of ether oxygens (including phenoxy) is 1. The van der Waals surface area contributed by atoms with Gasteiger partial charge in [-0.05, 0) is 49.2 Å². The highest BCUT2D eigenvalue weighted by molar-refractivity contribution is 5.53. The van der Waals surface area contributed by atoms with Crippen molar-refractivity contribution >= 4 is 0 Å². The molecule has 1 aromatic heterocycles. The molecule has 3 aromatic rings. The van der Waals surface area contributed by atoms with Gasteiger partial charge in [0.2, 0.25) is 11.8 Å². The van der Waals surface area contributed by atoms with Crippen molar-refractivity contribution in [1.82, 2.24) is 10.2 Å². The number of aromatic nitrogens is 2. The fourth-order valence-corrected chi connectivity index (χ4v) is 2.22. The Morgan fingerprint density at radius 2 is 1.73 bits per heavy atom. The normalized spacial score (nSPS) is 10.7. The van der Waals surface area contributed by atoms with E-state index in [1.165, 1.54) is 16.7 Å². The minimum atomic E-state index is 0.526. The van der Waals surface area contributed by atoms with E-state index in [2.05, 4.69) is 42.2 Å². The van der Waals surface area contributed by atoms with Crippen LogP contribution in [0.3, 0.4) is 0 Å². The molecule has 0 N–H and O–H groups in total. The van der Waals surface area contributed by atoms with Gasteiger partial charge in [0, 0.05) is 12.5 Å². The largest absolute Gasteiger partial charge is 0.489 e. The summed E-state index contributed by atoms with van der Waals surface area (Å²) in [6.45, 7) is 6.52. The van der Waals surface area contributed by atoms with E-state index in [0.717, 1.165) is 11.3 Å². The van der Waals surface area contributed by atoms with Crippen molar-refractivity contribution in [3.8, 4) is 17.2 Å². The molecular weight excluding hydrogens is 276 g/mol. The van der Waals surface area contributed by atoms with Gasteiger partial charge in [-0.3, -0.25) is 0 Å². The van der Waals surface area contributed by atoms with Gasteiger partial charge in [-0.25, -0.2) is 0 Å². The SMILES string of the molecule is Cc1ccc(C)c(COc2ccc(-c3nnc(C)o3)cc2)c1. The lowest BCUT2D eigenvalue weighted by molar-refractivity contribution is 0.305. The molecule has 0 amide bonds. The van der Waals surface area contributed by atoms with Crippen LogP contribution in [0.25, 0.3) is 11.5 Å². The predicted octanol–water partition coefficient (Wildman–Crippen LogP) is 4.24. The molecule has 0 radical (unpaired) electrons. The van der Waals surface area contributed by atoms with Crippen molar-refractivity contribution in [2.45, 2.75) is 27.4 Å². The molecule has 0 unspecified atom stereocenters. The Kier molecular flexibility index (Phi) is 3.92. The number of nitrogens with zero attached hydrogens (tertiary/aromatic N) is 2. The number of rotatable bonds is 4. The van der Waals surface area contributed by atoms with E-state index in [1.54, 1.807) is 6.92 Å². The maximum Gasteiger partial charge on any atom is 0.247 e. The number of hydrogen-bond donors (Lipinski definition) is 0. The second-order valence-corrected chi connectivity index (χ2v) is 5.37. The molecule has 1 heterocycles. The topological polar surface area (TPSA) is 48.2 Å². The summed E-state index contributed by atoms with van der Waals surface area (Å²) in [5, 5.41) is 7.83. The van der Waals surface area contributed by atoms with Crippen LogP contribution < -0.4 is 4.74 Å². The van der Waals surface area contributed by atoms with Crippen LogP contribution in [-0.4, -0.2) is 10.2 Å². The summed E-state index contributed by atoms with van der Waals surface area (Å²) in [5.41, 5.74) is 4.58. The van der Waals surface area contributed by atoms with Crippen LogP contribution in [0.5, 0.6) is 5.75 Å². The fraction of sp³-hybridized carbons (Fsp3) is 0.222. The van der Waals surface area contributed by atoms with Gasteiger partial charge in [0.1, 0.15) is 12.4 Å². The van der Waals surface area contributed by atoms with Crippen LogP contribution in [-0.2, 0) is 6.61 Å². The van der Waals surface area contributed by atoms with E-state index in [4.69, 9.17) is 9.15 Å². The molecule has 0 aliphatic carbocycles. The molecule has 2 aromatic carbocycles. The van der Waals surface area contributed by atoms with Gasteiger partial charge in [-0.1, -0.05) is 23.8 Å². The van der Waals surface area contributed by atoms with Gasteiger partial charge in [0.05, 0.1) is 0 Å². The van der Waals surface area contributed by atoms with Crippen LogP contribution in [0.2, 0.25) is 0 Å². The van der Waals surface area contributed by atoms with Crippen molar-refractivity contribution < 1.29 is 9.15 Å². The summed E-state index contributed by atoms with van der Waals surface area (Å²) >= 11 is 0. The molecule has 4 heteroatoms. The van der Waals surface area contributed by atoms with Gasteiger partial charge in [0.25, 0.3) is 0 Å². The minimum Gasteiger partial charge on any atom is -0.489 e. The summed E-state index contributed by atoms with van der Waals surface area (Å²) < 4.78 is 11.3. The predicted molar refractivity (Wildman–Crippen MR) is 84.7 cm³/mol. The Hall–Kier alpha value is -2.62. The summed E-state index contributed by atoms with van der Waals surface area (Å²) in [4.78, 5) is 0. The Labute approximate surface area is 129 Å². The third-order valence-electron chi connectivity index (χ3n) is 3.53. The van der Waals surface area contributed by atoms with E-state index in [1.807, 2.05) is 24.3 Å². The molecule has 0 fully saturated rings. The third kappa shape index (κ3) is 3.17. The zero-order valence-electron chi connectivity index (χ0n) is 13.0. The maximum absolute atomic E-state index is 5.86. The van der Waals surface area contributed by atoms with Gasteiger partial charge in [-0.2, -0.15) is 0 Å². The van der Waals surface area contributed by atoms with Gasteiger partial charge in [-0.15, -0.1) is 10.2 Å². The highest BCUT2D eigenvalue weighted by atomic mass is 16.5. The van der Waals surface area contributed by atoms with Crippen LogP contribution in [0.15, 0.2) is 46.9 Å². The van der Waals surface area contributed by atoms with Gasteiger partial charge >= 0.3 is 0 Å². The number of hydrogen-bond acceptors (Lipinski definition) is 4. The monoisotopic (exact) mass is 294 g/mol. The average Bonchev–Trinajstić information content (AvgIpc) is 2.95. The van der Waals surface area contributed by atoms with E-state index in [-0.39, 0.29) is 0 Å². The van der Waals surface area contributed by atoms with E-state index < -0.39 is 0 Å². The molecule has 0 saturated carbocycles. The van der Waals surface area contributed by atoms with Crippen molar-refractivity contribution in [3.63, 3.8) is 0 Å². The van der Waals surface area contributed by atoms with E-state index >= 15 is 0 Å². The Morgan fingerprint density at radius 1 is 0.955 bits per heavy atom. The molecule has 0 aliphatic heterocycles. The molecule has 4 nitrogen and oxygen atoms in total. The lowest BCUT2D eigenvalue weighted by Gasteiger charge is -2.10. The summed E-state index contributed by atoms with van der Waals surface area (Å²) in [7, 11) is 0. The van der Waals surface area contributed by atoms with Crippen LogP contribution in [0.4, 0.5) is 0 Å². The van der Waals surface area contributed by atoms with Crippen molar-refractivity contribution in [1.29, 1.82) is 0 Å². The molecule has 0 spiro atoms. The maximum atomic E-state index is 5.86. The smallest absolute Gasteiger partial charge is 0.247 e. The summed E-state index contributed by atoms with van der Waals surface area (Å²) in [6, 6.07) is 14.1. The Balaban J connectivity index is 1.70. The first-order valence-electron chi connectivity index (χ1n) is 7.21. The first-order chi connectivity index (χ1) is 10.6. The molecule has 0 saturated heterocycles. The second kappa shape index (κ2) is 6.02. The van der Waals surface area contributed by atoms with Gasteiger partial charge in [0.15, 0.2) is 0 Å². The molecule has 0 aliphatic rings. The highest BCUT2D eigenvalue weighted by Gasteiger charge is 2.06. The van der Waals surface area contributed by atoms with E-state index in [0.29, 0.717) is 18.4 Å². The Bertz CT molecular complexity index is 776. The van der Waals surface area contributed by atoms with E-state index in [9.17, 15) is 0 Å². The first-order valence-corrected chi connectivity index (χ1v) is 7.21. The standard InChI is InChI=1S/C18H18N2O2/c1-12-4-5-13(2)16(10-12)11-21-17-8-6-15(7-9-17)18-20-19-14(3)22-18/h4-10H,11H2,1-3H3. The quantitative estimate of drug-likeness (QED) is 0.722. The highest BCUT2D eigenvalue weighted by Crippen LogP contribution is 2.22. The molecule has 22 heavy (non-hydrogen) atoms. The lowest BCUT2D eigenvalue weighted by Crippen LogP contribution is -1.98. The average molecular weight is 294 g/mol.